The Bertz CT molecular complexity index is 1810. The van der Waals surface area contributed by atoms with Crippen LogP contribution in [0.5, 0.6) is 0 Å². The summed E-state index contributed by atoms with van der Waals surface area (Å²) in [6.07, 6.45) is 6.02. The van der Waals surface area contributed by atoms with Gasteiger partial charge in [-0.2, -0.15) is 0 Å². The van der Waals surface area contributed by atoms with E-state index in [1.54, 1.807) is 12.4 Å². The van der Waals surface area contributed by atoms with Crippen LogP contribution >= 0.6 is 0 Å². The second kappa shape index (κ2) is 13.2. The Labute approximate surface area is 282 Å². The number of pyridine rings is 1. The van der Waals surface area contributed by atoms with Gasteiger partial charge in [-0.15, -0.1) is 0 Å². The number of fused-ring (bicyclic) bond motifs is 1. The quantitative estimate of drug-likeness (QED) is 0.269. The van der Waals surface area contributed by atoms with Gasteiger partial charge in [-0.25, -0.2) is 27.8 Å². The van der Waals surface area contributed by atoms with Gasteiger partial charge < -0.3 is 25.2 Å². The first-order chi connectivity index (χ1) is 22.8. The summed E-state index contributed by atoms with van der Waals surface area (Å²) in [7, 11) is -1.73. The molecule has 11 nitrogen and oxygen atoms in total. The van der Waals surface area contributed by atoms with E-state index in [1.807, 2.05) is 50.8 Å². The van der Waals surface area contributed by atoms with Gasteiger partial charge in [-0.1, -0.05) is 26.8 Å². The average Bonchev–Trinajstić information content (AvgIpc) is 3.02. The van der Waals surface area contributed by atoms with Crippen LogP contribution in [0.3, 0.4) is 0 Å². The summed E-state index contributed by atoms with van der Waals surface area (Å²) >= 11 is 0. The average molecular weight is 680 g/mol. The Morgan fingerprint density at radius 1 is 1.17 bits per heavy atom. The van der Waals surface area contributed by atoms with E-state index < -0.39 is 26.9 Å². The third-order valence-electron chi connectivity index (χ3n) is 10.2. The number of amides is 1. The molecule has 48 heavy (non-hydrogen) atoms. The molecule has 258 valence electrons. The monoisotopic (exact) mass is 679 g/mol. The van der Waals surface area contributed by atoms with Crippen molar-refractivity contribution in [1.82, 2.24) is 15.0 Å². The largest absolute Gasteiger partial charge is 0.378 e. The lowest BCUT2D eigenvalue weighted by atomic mass is 9.89. The topological polar surface area (TPSA) is 130 Å². The van der Waals surface area contributed by atoms with Gasteiger partial charge in [-0.3, -0.25) is 4.79 Å². The molecule has 2 N–H and O–H groups in total. The molecule has 3 atom stereocenters. The van der Waals surface area contributed by atoms with E-state index in [0.29, 0.717) is 67.6 Å². The molecule has 0 radical (unpaired) electrons. The van der Waals surface area contributed by atoms with Crippen molar-refractivity contribution in [2.45, 2.75) is 81.6 Å². The van der Waals surface area contributed by atoms with E-state index >= 15 is 0 Å². The number of anilines is 5. The van der Waals surface area contributed by atoms with E-state index in [4.69, 9.17) is 9.72 Å². The minimum atomic E-state index is -3.27. The Kier molecular flexibility index (Phi) is 9.38. The highest BCUT2D eigenvalue weighted by Crippen LogP contribution is 2.44. The predicted octanol–water partition coefficient (Wildman–Crippen LogP) is 5.76. The van der Waals surface area contributed by atoms with Gasteiger partial charge in [-0.05, 0) is 57.2 Å². The zero-order valence-electron chi connectivity index (χ0n) is 28.4. The van der Waals surface area contributed by atoms with Crippen molar-refractivity contribution in [2.24, 2.45) is 5.92 Å². The number of methoxy groups -OCH3 is 1. The van der Waals surface area contributed by atoms with Crippen molar-refractivity contribution < 1.29 is 22.3 Å². The number of hydrogen-bond donors (Lipinski definition) is 2. The predicted molar refractivity (Wildman–Crippen MR) is 189 cm³/mol. The summed E-state index contributed by atoms with van der Waals surface area (Å²) in [6.45, 7) is 13.4. The van der Waals surface area contributed by atoms with Crippen LogP contribution in [0.4, 0.5) is 33.2 Å². The standard InChI is InChI=1S/C35H46FN7O4S/c1-7-31(44)40-26-16-27(43-18-22(19-43)29-9-8-12-35(4,5)48(29,45)46)24-17-38-34(41-33(24)32(26)21(2)3)39-23-10-13-37-30(15-23)42-14-11-28(47-6)25(36)20-42/h7,10,13,15-17,21-22,25,28-29H,1,8-9,11-12,14,18-20H2,2-6H3,(H,40,44)(H,37,38,39,41)/t25-,28+,29?/m0/s1. The van der Waals surface area contributed by atoms with Gasteiger partial charge >= 0.3 is 0 Å². The summed E-state index contributed by atoms with van der Waals surface area (Å²) in [4.78, 5) is 30.8. The molecule has 2 aromatic heterocycles. The molecule has 1 unspecified atom stereocenters. The maximum atomic E-state index is 14.6. The normalized spacial score (nSPS) is 23.9. The molecule has 3 fully saturated rings. The van der Waals surface area contributed by atoms with Crippen LogP contribution in [0.15, 0.2) is 43.2 Å². The lowest BCUT2D eigenvalue weighted by molar-refractivity contribution is -0.111. The number of halogens is 1. The van der Waals surface area contributed by atoms with Crippen molar-refractivity contribution in [1.29, 1.82) is 0 Å². The molecule has 3 aliphatic rings. The number of ether oxygens (including phenoxy) is 1. The molecular formula is C35H46FN7O4S. The molecule has 3 aliphatic heterocycles. The number of benzene rings is 1. The Morgan fingerprint density at radius 3 is 2.62 bits per heavy atom. The fraction of sp³-hybridized carbons (Fsp3) is 0.543. The van der Waals surface area contributed by atoms with Crippen LogP contribution in [-0.4, -0.2) is 84.8 Å². The van der Waals surface area contributed by atoms with E-state index in [2.05, 4.69) is 32.1 Å². The van der Waals surface area contributed by atoms with Gasteiger partial charge in [0.2, 0.25) is 11.9 Å². The van der Waals surface area contributed by atoms with E-state index in [-0.39, 0.29) is 29.5 Å². The molecule has 13 heteroatoms. The number of nitrogens with one attached hydrogen (secondary N) is 2. The summed E-state index contributed by atoms with van der Waals surface area (Å²) in [5, 5.41) is 6.74. The molecule has 5 heterocycles. The number of rotatable bonds is 9. The summed E-state index contributed by atoms with van der Waals surface area (Å²) in [5.74, 6) is 0.697. The minimum absolute atomic E-state index is 0.000584. The first-order valence-corrected chi connectivity index (χ1v) is 18.3. The lowest BCUT2D eigenvalue weighted by Gasteiger charge is -2.48. The minimum Gasteiger partial charge on any atom is -0.378 e. The molecule has 0 spiro atoms. The molecular weight excluding hydrogens is 633 g/mol. The van der Waals surface area contributed by atoms with Crippen molar-refractivity contribution >= 4 is 55.5 Å². The van der Waals surface area contributed by atoms with Gasteiger partial charge in [0.15, 0.2) is 9.84 Å². The van der Waals surface area contributed by atoms with E-state index in [1.165, 1.54) is 13.2 Å². The molecule has 1 aromatic carbocycles. The van der Waals surface area contributed by atoms with Crippen LogP contribution in [0.1, 0.15) is 64.9 Å². The van der Waals surface area contributed by atoms with Crippen LogP contribution in [0.2, 0.25) is 0 Å². The highest BCUT2D eigenvalue weighted by molar-refractivity contribution is 7.93. The molecule has 1 amide bonds. The third-order valence-corrected chi connectivity index (χ3v) is 13.4. The number of piperidine rings is 1. The molecule has 3 aromatic rings. The molecule has 3 saturated heterocycles. The highest BCUT2D eigenvalue weighted by atomic mass is 32.2. The number of nitrogens with zero attached hydrogens (tertiary/aromatic N) is 5. The first kappa shape index (κ1) is 34.0. The number of carbonyl (C=O) groups excluding carboxylic acids is 1. The van der Waals surface area contributed by atoms with Crippen LogP contribution in [0.25, 0.3) is 10.9 Å². The molecule has 0 bridgehead atoms. The van der Waals surface area contributed by atoms with Crippen molar-refractivity contribution in [3.8, 4) is 0 Å². The van der Waals surface area contributed by atoms with Crippen molar-refractivity contribution in [2.75, 3.05) is 53.7 Å². The van der Waals surface area contributed by atoms with Gasteiger partial charge in [0.1, 0.15) is 12.0 Å². The third kappa shape index (κ3) is 6.34. The lowest BCUT2D eigenvalue weighted by Crippen LogP contribution is -2.58. The van der Waals surface area contributed by atoms with Crippen LogP contribution in [-0.2, 0) is 19.4 Å². The smallest absolute Gasteiger partial charge is 0.247 e. The summed E-state index contributed by atoms with van der Waals surface area (Å²) < 4.78 is 46.1. The molecule has 6 rings (SSSR count). The van der Waals surface area contributed by atoms with Gasteiger partial charge in [0, 0.05) is 79.1 Å². The van der Waals surface area contributed by atoms with Gasteiger partial charge in [0.25, 0.3) is 0 Å². The number of sulfone groups is 1. The van der Waals surface area contributed by atoms with E-state index in [0.717, 1.165) is 23.1 Å². The number of aromatic nitrogens is 3. The maximum absolute atomic E-state index is 14.6. The zero-order chi connectivity index (χ0) is 34.4. The van der Waals surface area contributed by atoms with Crippen molar-refractivity contribution in [3.05, 3.63) is 48.8 Å². The number of carbonyl (C=O) groups is 1. The number of hydrogen-bond acceptors (Lipinski definition) is 10. The van der Waals surface area contributed by atoms with E-state index in [9.17, 15) is 17.6 Å². The highest BCUT2D eigenvalue weighted by Gasteiger charge is 2.49. The van der Waals surface area contributed by atoms with Crippen LogP contribution in [0, 0.1) is 5.92 Å². The Balaban J connectivity index is 1.32. The fourth-order valence-corrected chi connectivity index (χ4v) is 9.82. The van der Waals surface area contributed by atoms with Crippen LogP contribution < -0.4 is 20.4 Å². The second-order valence-electron chi connectivity index (χ2n) is 14.1. The Hall–Kier alpha value is -3.84. The summed E-state index contributed by atoms with van der Waals surface area (Å²) in [5.41, 5.74) is 3.71. The fourth-order valence-electron chi connectivity index (χ4n) is 7.41. The van der Waals surface area contributed by atoms with Gasteiger partial charge in [0.05, 0.1) is 28.2 Å². The first-order valence-electron chi connectivity index (χ1n) is 16.7. The SMILES string of the molecule is C=CC(=O)Nc1cc(N2CC(C3CCCC(C)(C)S3(=O)=O)C2)c2cnc(Nc3ccnc(N4CC[C@@H](OC)[C@@H](F)C4)c3)nc2c1C(C)C. The zero-order valence-corrected chi connectivity index (χ0v) is 29.2. The Morgan fingerprint density at radius 2 is 1.94 bits per heavy atom. The maximum Gasteiger partial charge on any atom is 0.247 e. The second-order valence-corrected chi connectivity index (χ2v) is 16.9. The number of alkyl halides is 1. The molecule has 0 saturated carbocycles. The molecule has 0 aliphatic carbocycles. The summed E-state index contributed by atoms with van der Waals surface area (Å²) in [6, 6.07) is 5.61. The van der Waals surface area contributed by atoms with Crippen molar-refractivity contribution in [3.63, 3.8) is 0 Å².